The predicted molar refractivity (Wildman–Crippen MR) is 59.3 cm³/mol. The molecule has 1 aromatic heterocycles. The molecule has 1 nitrogen and oxygen atoms in total. The number of pyridine rings is 1. The lowest BCUT2D eigenvalue weighted by Crippen LogP contribution is -2.12. The molecule has 0 aliphatic carbocycles. The molecule has 74 valence electrons. The maximum Gasteiger partial charge on any atom is 0.129 e. The van der Waals surface area contributed by atoms with Crippen molar-refractivity contribution in [2.24, 2.45) is 0 Å². The molecule has 2 heteroatoms. The Labute approximate surface area is 86.1 Å². The van der Waals surface area contributed by atoms with Crippen molar-refractivity contribution < 1.29 is 0 Å². The zero-order valence-corrected chi connectivity index (χ0v) is 9.81. The highest BCUT2D eigenvalue weighted by molar-refractivity contribution is 6.29. The van der Waals surface area contributed by atoms with Crippen LogP contribution in [0.1, 0.15) is 40.3 Å². The van der Waals surface area contributed by atoms with E-state index in [4.69, 9.17) is 11.6 Å². The van der Waals surface area contributed by atoms with Gasteiger partial charge in [-0.15, -0.1) is 0 Å². The fraction of sp³-hybridized carbons (Fsp3) is 0.545. The van der Waals surface area contributed by atoms with E-state index >= 15 is 0 Å². The Morgan fingerprint density at radius 2 is 1.69 bits per heavy atom. The molecule has 13 heavy (non-hydrogen) atoms. The van der Waals surface area contributed by atoms with Crippen LogP contribution in [-0.4, -0.2) is 4.98 Å². The van der Waals surface area contributed by atoms with Crippen LogP contribution in [0, 0.1) is 0 Å². The topological polar surface area (TPSA) is 12.9 Å². The summed E-state index contributed by atoms with van der Waals surface area (Å²) in [5.74, 6) is 0. The Morgan fingerprint density at radius 3 is 2.00 bits per heavy atom. The summed E-state index contributed by atoms with van der Waals surface area (Å²) in [7, 11) is 0. The summed E-state index contributed by atoms with van der Waals surface area (Å²) in [6.45, 7) is 10.4. The van der Waals surface area contributed by atoms with Crippen molar-refractivity contribution in [1.29, 1.82) is 0 Å². The summed E-state index contributed by atoms with van der Waals surface area (Å²) < 4.78 is 0. The van der Waals surface area contributed by atoms with Crippen LogP contribution >= 0.6 is 11.6 Å². The van der Waals surface area contributed by atoms with Crippen LogP contribution < -0.4 is 0 Å². The minimum Gasteiger partial charge on any atom is -0.241 e. The molecule has 0 radical (unpaired) electrons. The normalized spacial score (nSPS) is 10.3. The fourth-order valence-corrected chi connectivity index (χ4v) is 0.990. The second-order valence-corrected chi connectivity index (χ2v) is 3.98. The van der Waals surface area contributed by atoms with E-state index in [1.54, 1.807) is 6.07 Å². The second kappa shape index (κ2) is 5.23. The monoisotopic (exact) mass is 199 g/mol. The molecule has 1 rings (SSSR count). The molecule has 0 aliphatic rings. The predicted octanol–water partition coefficient (Wildman–Crippen LogP) is 4.06. The van der Waals surface area contributed by atoms with E-state index in [2.05, 4.69) is 25.8 Å². The Balaban J connectivity index is 0.000000671. The van der Waals surface area contributed by atoms with Crippen LogP contribution in [-0.2, 0) is 5.41 Å². The van der Waals surface area contributed by atoms with Crippen molar-refractivity contribution in [3.8, 4) is 0 Å². The molecule has 0 saturated heterocycles. The van der Waals surface area contributed by atoms with Crippen molar-refractivity contribution in [2.45, 2.75) is 40.0 Å². The molecule has 0 bridgehead atoms. The Morgan fingerprint density at radius 1 is 1.15 bits per heavy atom. The van der Waals surface area contributed by atoms with Crippen LogP contribution in [0.5, 0.6) is 0 Å². The van der Waals surface area contributed by atoms with Gasteiger partial charge in [0.15, 0.2) is 0 Å². The van der Waals surface area contributed by atoms with Crippen LogP contribution in [0.25, 0.3) is 0 Å². The van der Waals surface area contributed by atoms with Crippen molar-refractivity contribution in [2.75, 3.05) is 0 Å². The van der Waals surface area contributed by atoms with Gasteiger partial charge in [0.1, 0.15) is 5.15 Å². The number of rotatable bonds is 0. The molecule has 0 atom stereocenters. The highest BCUT2D eigenvalue weighted by Gasteiger charge is 2.14. The van der Waals surface area contributed by atoms with Crippen molar-refractivity contribution in [1.82, 2.24) is 4.98 Å². The van der Waals surface area contributed by atoms with Gasteiger partial charge in [0.2, 0.25) is 0 Å². The first kappa shape index (κ1) is 12.4. The second-order valence-electron chi connectivity index (χ2n) is 3.60. The van der Waals surface area contributed by atoms with Gasteiger partial charge >= 0.3 is 0 Å². The summed E-state index contributed by atoms with van der Waals surface area (Å²) in [6.07, 6.45) is 0. The van der Waals surface area contributed by atoms with E-state index in [9.17, 15) is 0 Å². The molecule has 0 aliphatic heterocycles. The highest BCUT2D eigenvalue weighted by atomic mass is 35.5. The van der Waals surface area contributed by atoms with Crippen LogP contribution in [0.3, 0.4) is 0 Å². The molecule has 0 spiro atoms. The fourth-order valence-electron chi connectivity index (χ4n) is 0.826. The maximum absolute atomic E-state index is 5.74. The van der Waals surface area contributed by atoms with Gasteiger partial charge < -0.3 is 0 Å². The van der Waals surface area contributed by atoms with Crippen molar-refractivity contribution >= 4 is 11.6 Å². The van der Waals surface area contributed by atoms with E-state index in [0.29, 0.717) is 5.15 Å². The van der Waals surface area contributed by atoms with E-state index in [1.165, 1.54) is 0 Å². The molecular weight excluding hydrogens is 182 g/mol. The number of halogens is 1. The average molecular weight is 200 g/mol. The van der Waals surface area contributed by atoms with Gasteiger partial charge in [0.25, 0.3) is 0 Å². The molecule has 0 amide bonds. The largest absolute Gasteiger partial charge is 0.241 e. The van der Waals surface area contributed by atoms with E-state index in [0.717, 1.165) is 5.69 Å². The third kappa shape index (κ3) is 4.28. The number of aromatic nitrogens is 1. The quantitative estimate of drug-likeness (QED) is 0.575. The minimum atomic E-state index is 0.0882. The molecule has 0 N–H and O–H groups in total. The minimum absolute atomic E-state index is 0.0882. The van der Waals surface area contributed by atoms with Gasteiger partial charge in [-0.25, -0.2) is 4.98 Å². The first-order valence-electron chi connectivity index (χ1n) is 4.63. The van der Waals surface area contributed by atoms with Gasteiger partial charge in [-0.05, 0) is 12.1 Å². The molecule has 0 aromatic carbocycles. The first-order chi connectivity index (χ1) is 6.00. The SMILES string of the molecule is CC.CC(C)(C)c1cccc(Cl)n1. The third-order valence-electron chi connectivity index (χ3n) is 1.48. The van der Waals surface area contributed by atoms with Crippen LogP contribution in [0.2, 0.25) is 5.15 Å². The van der Waals surface area contributed by atoms with Gasteiger partial charge in [0, 0.05) is 11.1 Å². The Bertz CT molecular complexity index is 251. The molecule has 1 heterocycles. The van der Waals surface area contributed by atoms with Crippen molar-refractivity contribution in [3.05, 3.63) is 29.0 Å². The van der Waals surface area contributed by atoms with Gasteiger partial charge in [-0.1, -0.05) is 52.3 Å². The van der Waals surface area contributed by atoms with E-state index in [-0.39, 0.29) is 5.41 Å². The highest BCUT2D eigenvalue weighted by Crippen LogP contribution is 2.20. The number of nitrogens with zero attached hydrogens (tertiary/aromatic N) is 1. The zero-order valence-electron chi connectivity index (χ0n) is 9.06. The zero-order chi connectivity index (χ0) is 10.5. The lowest BCUT2D eigenvalue weighted by molar-refractivity contribution is 0.569. The van der Waals surface area contributed by atoms with E-state index < -0.39 is 0 Å². The number of hydrogen-bond acceptors (Lipinski definition) is 1. The standard InChI is InChI=1S/C9H12ClN.C2H6/c1-9(2,3)7-5-4-6-8(10)11-7;1-2/h4-6H,1-3H3;1-2H3. The van der Waals surface area contributed by atoms with Gasteiger partial charge in [-0.3, -0.25) is 0 Å². The lowest BCUT2D eigenvalue weighted by atomic mass is 9.92. The summed E-state index contributed by atoms with van der Waals surface area (Å²) in [4.78, 5) is 4.21. The van der Waals surface area contributed by atoms with Crippen LogP contribution in [0.4, 0.5) is 0 Å². The Hall–Kier alpha value is -0.560. The molecule has 1 aromatic rings. The smallest absolute Gasteiger partial charge is 0.129 e. The maximum atomic E-state index is 5.74. The molecule has 0 saturated carbocycles. The molecule has 0 fully saturated rings. The van der Waals surface area contributed by atoms with Gasteiger partial charge in [-0.2, -0.15) is 0 Å². The van der Waals surface area contributed by atoms with Gasteiger partial charge in [0.05, 0.1) is 0 Å². The summed E-state index contributed by atoms with van der Waals surface area (Å²) in [5, 5.41) is 0.567. The Kier molecular flexibility index (Phi) is 5.01. The summed E-state index contributed by atoms with van der Waals surface area (Å²) in [6, 6.07) is 5.71. The average Bonchev–Trinajstić information content (AvgIpc) is 2.06. The molecular formula is C11H18ClN. The number of hydrogen-bond donors (Lipinski definition) is 0. The first-order valence-corrected chi connectivity index (χ1v) is 5.01. The van der Waals surface area contributed by atoms with Crippen molar-refractivity contribution in [3.63, 3.8) is 0 Å². The molecule has 0 unspecified atom stereocenters. The lowest BCUT2D eigenvalue weighted by Gasteiger charge is -2.17. The summed E-state index contributed by atoms with van der Waals surface area (Å²) >= 11 is 5.74. The summed E-state index contributed by atoms with van der Waals surface area (Å²) in [5.41, 5.74) is 1.12. The van der Waals surface area contributed by atoms with E-state index in [1.807, 2.05) is 26.0 Å². The van der Waals surface area contributed by atoms with Crippen LogP contribution in [0.15, 0.2) is 18.2 Å². The third-order valence-corrected chi connectivity index (χ3v) is 1.69.